The lowest BCUT2D eigenvalue weighted by molar-refractivity contribution is 0.185. The third-order valence-electron chi connectivity index (χ3n) is 3.82. The van der Waals surface area contributed by atoms with E-state index in [1.165, 1.54) is 38.8 Å². The van der Waals surface area contributed by atoms with Gasteiger partial charge in [0.25, 0.3) is 0 Å². The highest BCUT2D eigenvalue weighted by Crippen LogP contribution is 2.39. The van der Waals surface area contributed by atoms with E-state index in [1.807, 2.05) is 0 Å². The summed E-state index contributed by atoms with van der Waals surface area (Å²) in [6, 6.07) is 1.75. The number of hydrogen-bond donors (Lipinski definition) is 1. The molecule has 2 unspecified atom stereocenters. The lowest BCUT2D eigenvalue weighted by Gasteiger charge is -2.32. The first kappa shape index (κ1) is 9.47. The second-order valence-corrected chi connectivity index (χ2v) is 4.57. The maximum absolute atomic E-state index is 3.38. The van der Waals surface area contributed by atoms with Crippen LogP contribution in [-0.2, 0) is 0 Å². The number of hydrogen-bond acceptors (Lipinski definition) is 2. The van der Waals surface area contributed by atoms with Gasteiger partial charge in [0.15, 0.2) is 0 Å². The Bertz CT molecular complexity index is 161. The van der Waals surface area contributed by atoms with Crippen molar-refractivity contribution in [3.63, 3.8) is 0 Å². The molecule has 0 aromatic carbocycles. The van der Waals surface area contributed by atoms with Gasteiger partial charge in [-0.25, -0.2) is 0 Å². The zero-order valence-corrected chi connectivity index (χ0v) is 8.92. The Morgan fingerprint density at radius 3 is 2.46 bits per heavy atom. The van der Waals surface area contributed by atoms with Crippen molar-refractivity contribution in [1.82, 2.24) is 10.2 Å². The van der Waals surface area contributed by atoms with Crippen molar-refractivity contribution in [1.29, 1.82) is 0 Å². The standard InChI is InChI=1S/C11H22N2/c1-3-9-8-11(9)13-6-4-10(12-2)5-7-13/h9-12H,3-8H2,1-2H3. The van der Waals surface area contributed by atoms with E-state index in [0.717, 1.165) is 18.0 Å². The minimum absolute atomic E-state index is 0.787. The Morgan fingerprint density at radius 1 is 1.31 bits per heavy atom. The maximum atomic E-state index is 3.38. The van der Waals surface area contributed by atoms with Gasteiger partial charge in [-0.15, -0.1) is 0 Å². The first-order valence-corrected chi connectivity index (χ1v) is 5.76. The van der Waals surface area contributed by atoms with Crippen LogP contribution in [0.5, 0.6) is 0 Å². The van der Waals surface area contributed by atoms with Crippen LogP contribution in [0.1, 0.15) is 32.6 Å². The highest BCUT2D eigenvalue weighted by molar-refractivity contribution is 4.95. The quantitative estimate of drug-likeness (QED) is 0.711. The molecule has 0 radical (unpaired) electrons. The summed E-state index contributed by atoms with van der Waals surface area (Å²) < 4.78 is 0. The van der Waals surface area contributed by atoms with Gasteiger partial charge in [-0.1, -0.05) is 13.3 Å². The Hall–Kier alpha value is -0.0800. The SMILES string of the molecule is CCC1CC1N1CCC(NC)CC1. The largest absolute Gasteiger partial charge is 0.317 e. The normalized spacial score (nSPS) is 36.5. The van der Waals surface area contributed by atoms with Crippen molar-refractivity contribution in [2.24, 2.45) is 5.92 Å². The predicted octanol–water partition coefficient (Wildman–Crippen LogP) is 1.47. The molecular formula is C11H22N2. The predicted molar refractivity (Wildman–Crippen MR) is 55.8 cm³/mol. The van der Waals surface area contributed by atoms with Gasteiger partial charge in [-0.05, 0) is 45.3 Å². The van der Waals surface area contributed by atoms with Gasteiger partial charge in [0.2, 0.25) is 0 Å². The van der Waals surface area contributed by atoms with Crippen molar-refractivity contribution < 1.29 is 0 Å². The summed E-state index contributed by atoms with van der Waals surface area (Å²) in [7, 11) is 2.09. The van der Waals surface area contributed by atoms with Crippen LogP contribution in [0, 0.1) is 5.92 Å². The van der Waals surface area contributed by atoms with Crippen LogP contribution >= 0.6 is 0 Å². The van der Waals surface area contributed by atoms with Crippen LogP contribution in [-0.4, -0.2) is 37.1 Å². The van der Waals surface area contributed by atoms with Crippen molar-refractivity contribution in [3.8, 4) is 0 Å². The summed E-state index contributed by atoms with van der Waals surface area (Å²) in [4.78, 5) is 2.71. The Balaban J connectivity index is 1.73. The van der Waals surface area contributed by atoms with E-state index in [1.54, 1.807) is 0 Å². The molecule has 0 aromatic heterocycles. The van der Waals surface area contributed by atoms with Gasteiger partial charge in [-0.3, -0.25) is 4.90 Å². The highest BCUT2D eigenvalue weighted by atomic mass is 15.2. The smallest absolute Gasteiger partial charge is 0.0127 e. The van der Waals surface area contributed by atoms with Gasteiger partial charge < -0.3 is 5.32 Å². The van der Waals surface area contributed by atoms with E-state index in [2.05, 4.69) is 24.2 Å². The van der Waals surface area contributed by atoms with Crippen molar-refractivity contribution in [2.75, 3.05) is 20.1 Å². The lowest BCUT2D eigenvalue weighted by atomic mass is 10.1. The Labute approximate surface area is 81.7 Å². The lowest BCUT2D eigenvalue weighted by Crippen LogP contribution is -2.42. The number of nitrogens with one attached hydrogen (secondary N) is 1. The average Bonchev–Trinajstić information content (AvgIpc) is 2.97. The number of nitrogens with zero attached hydrogens (tertiary/aromatic N) is 1. The molecule has 0 aromatic rings. The van der Waals surface area contributed by atoms with E-state index < -0.39 is 0 Å². The molecule has 1 N–H and O–H groups in total. The molecular weight excluding hydrogens is 160 g/mol. The Kier molecular flexibility index (Phi) is 2.89. The molecule has 2 rings (SSSR count). The number of piperidine rings is 1. The summed E-state index contributed by atoms with van der Waals surface area (Å²) in [6.45, 7) is 4.98. The second-order valence-electron chi connectivity index (χ2n) is 4.57. The topological polar surface area (TPSA) is 15.3 Å². The molecule has 0 bridgehead atoms. The van der Waals surface area contributed by atoms with Crippen molar-refractivity contribution in [3.05, 3.63) is 0 Å². The minimum atomic E-state index is 0.787. The maximum Gasteiger partial charge on any atom is 0.0127 e. The molecule has 1 saturated carbocycles. The van der Waals surface area contributed by atoms with E-state index in [9.17, 15) is 0 Å². The van der Waals surface area contributed by atoms with Crippen molar-refractivity contribution >= 4 is 0 Å². The Morgan fingerprint density at radius 2 is 2.00 bits per heavy atom. The van der Waals surface area contributed by atoms with Crippen molar-refractivity contribution in [2.45, 2.75) is 44.7 Å². The molecule has 1 heterocycles. The first-order chi connectivity index (χ1) is 6.35. The first-order valence-electron chi connectivity index (χ1n) is 5.76. The van der Waals surface area contributed by atoms with Gasteiger partial charge in [0, 0.05) is 12.1 Å². The summed E-state index contributed by atoms with van der Waals surface area (Å²) >= 11 is 0. The number of likely N-dealkylation sites (tertiary alicyclic amines) is 1. The van der Waals surface area contributed by atoms with Crippen LogP contribution in [0.3, 0.4) is 0 Å². The average molecular weight is 182 g/mol. The molecule has 13 heavy (non-hydrogen) atoms. The third-order valence-corrected chi connectivity index (χ3v) is 3.82. The third kappa shape index (κ3) is 2.05. The van der Waals surface area contributed by atoms with Crippen LogP contribution in [0.4, 0.5) is 0 Å². The van der Waals surface area contributed by atoms with Gasteiger partial charge in [0.1, 0.15) is 0 Å². The fourth-order valence-electron chi connectivity index (χ4n) is 2.64. The van der Waals surface area contributed by atoms with Crippen LogP contribution in [0.15, 0.2) is 0 Å². The molecule has 2 heteroatoms. The van der Waals surface area contributed by atoms with Crippen LogP contribution < -0.4 is 5.32 Å². The fraction of sp³-hybridized carbons (Fsp3) is 1.00. The second kappa shape index (κ2) is 3.97. The molecule has 76 valence electrons. The van der Waals surface area contributed by atoms with E-state index in [0.29, 0.717) is 0 Å². The minimum Gasteiger partial charge on any atom is -0.317 e. The molecule has 1 aliphatic carbocycles. The zero-order valence-electron chi connectivity index (χ0n) is 8.92. The van der Waals surface area contributed by atoms with E-state index in [4.69, 9.17) is 0 Å². The monoisotopic (exact) mass is 182 g/mol. The van der Waals surface area contributed by atoms with Crippen LogP contribution in [0.25, 0.3) is 0 Å². The van der Waals surface area contributed by atoms with E-state index >= 15 is 0 Å². The zero-order chi connectivity index (χ0) is 9.26. The van der Waals surface area contributed by atoms with Gasteiger partial charge >= 0.3 is 0 Å². The van der Waals surface area contributed by atoms with Gasteiger partial charge in [0.05, 0.1) is 0 Å². The van der Waals surface area contributed by atoms with Crippen LogP contribution in [0.2, 0.25) is 0 Å². The molecule has 2 fully saturated rings. The summed E-state index contributed by atoms with van der Waals surface area (Å²) in [5.74, 6) is 1.03. The molecule has 1 aliphatic heterocycles. The molecule has 2 aliphatic rings. The molecule has 1 saturated heterocycles. The summed E-state index contributed by atoms with van der Waals surface area (Å²) in [5.41, 5.74) is 0. The molecule has 0 spiro atoms. The molecule has 2 nitrogen and oxygen atoms in total. The van der Waals surface area contributed by atoms with Gasteiger partial charge in [-0.2, -0.15) is 0 Å². The summed E-state index contributed by atoms with van der Waals surface area (Å²) in [6.07, 6.45) is 5.56. The number of rotatable bonds is 3. The molecule has 0 amide bonds. The molecule has 2 atom stereocenters. The fourth-order valence-corrected chi connectivity index (χ4v) is 2.64. The van der Waals surface area contributed by atoms with E-state index in [-0.39, 0.29) is 0 Å². The highest BCUT2D eigenvalue weighted by Gasteiger charge is 2.40. The summed E-state index contributed by atoms with van der Waals surface area (Å²) in [5, 5.41) is 3.38.